The van der Waals surface area contributed by atoms with Gasteiger partial charge < -0.3 is 19.9 Å². The van der Waals surface area contributed by atoms with Crippen molar-refractivity contribution in [1.82, 2.24) is 15.2 Å². The van der Waals surface area contributed by atoms with Gasteiger partial charge in [-0.3, -0.25) is 9.59 Å². The van der Waals surface area contributed by atoms with Crippen molar-refractivity contribution in [3.63, 3.8) is 0 Å². The van der Waals surface area contributed by atoms with Crippen LogP contribution in [0.5, 0.6) is 5.75 Å². The first-order chi connectivity index (χ1) is 16.3. The molecule has 0 bridgehead atoms. The number of pyridine rings is 1. The van der Waals surface area contributed by atoms with E-state index < -0.39 is 11.6 Å². The maximum Gasteiger partial charge on any atom is 0.269 e. The molecular weight excluding hydrogens is 544 g/mol. The minimum absolute atomic E-state index is 0. The zero-order valence-corrected chi connectivity index (χ0v) is 21.3. The highest BCUT2D eigenvalue weighted by molar-refractivity contribution is 9.10. The number of ether oxygens (including phenoxy) is 1. The van der Waals surface area contributed by atoms with Crippen LogP contribution in [-0.2, 0) is 13.2 Å². The first-order valence-electron chi connectivity index (χ1n) is 10.9. The van der Waals surface area contributed by atoms with Gasteiger partial charge in [-0.2, -0.15) is 0 Å². The Morgan fingerprint density at radius 1 is 1.14 bits per heavy atom. The molecule has 2 N–H and O–H groups in total. The SMILES string of the molecule is Cc1cc(OCc2ccc(F)cc2F)c(Br)c(=O)n1Cc1ccc(C(=O)C2CNCCN2)cc1.Cl. The number of hydrogen-bond acceptors (Lipinski definition) is 5. The third kappa shape index (κ3) is 6.35. The molecule has 1 fully saturated rings. The number of ketones is 1. The Morgan fingerprint density at radius 3 is 2.54 bits per heavy atom. The maximum absolute atomic E-state index is 13.9. The minimum Gasteiger partial charge on any atom is -0.487 e. The highest BCUT2D eigenvalue weighted by Crippen LogP contribution is 2.24. The van der Waals surface area contributed by atoms with Gasteiger partial charge in [0.05, 0.1) is 12.6 Å². The van der Waals surface area contributed by atoms with Gasteiger partial charge in [0.1, 0.15) is 28.5 Å². The molecule has 10 heteroatoms. The zero-order chi connectivity index (χ0) is 24.2. The quantitative estimate of drug-likeness (QED) is 0.422. The summed E-state index contributed by atoms with van der Waals surface area (Å²) in [5, 5.41) is 6.42. The van der Waals surface area contributed by atoms with Crippen LogP contribution < -0.4 is 20.9 Å². The Balaban J connectivity index is 0.00000342. The lowest BCUT2D eigenvalue weighted by Gasteiger charge is -2.23. The predicted octanol–water partition coefficient (Wildman–Crippen LogP) is 3.99. The van der Waals surface area contributed by atoms with E-state index in [-0.39, 0.29) is 52.2 Å². The van der Waals surface area contributed by atoms with Crippen molar-refractivity contribution < 1.29 is 18.3 Å². The fourth-order valence-electron chi connectivity index (χ4n) is 3.81. The van der Waals surface area contributed by atoms with Crippen LogP contribution in [0.15, 0.2) is 57.8 Å². The second-order valence-electron chi connectivity index (χ2n) is 8.15. The fourth-order valence-corrected chi connectivity index (χ4v) is 4.25. The van der Waals surface area contributed by atoms with Crippen molar-refractivity contribution in [3.05, 3.63) is 97.4 Å². The third-order valence-electron chi connectivity index (χ3n) is 5.75. The van der Waals surface area contributed by atoms with Gasteiger partial charge in [0.25, 0.3) is 5.56 Å². The second kappa shape index (κ2) is 11.9. The van der Waals surface area contributed by atoms with Crippen LogP contribution in [0.1, 0.15) is 27.2 Å². The molecule has 3 aromatic rings. The molecule has 186 valence electrons. The second-order valence-corrected chi connectivity index (χ2v) is 8.94. The number of Topliss-reactive ketones (excluding diaryl/α,β-unsaturated/α-hetero) is 1. The van der Waals surface area contributed by atoms with Crippen LogP contribution in [0, 0.1) is 18.6 Å². The van der Waals surface area contributed by atoms with Crippen molar-refractivity contribution in [2.45, 2.75) is 26.1 Å². The molecule has 6 nitrogen and oxygen atoms in total. The lowest BCUT2D eigenvalue weighted by molar-refractivity contribution is 0.0934. The van der Waals surface area contributed by atoms with Gasteiger partial charge in [-0.1, -0.05) is 24.3 Å². The van der Waals surface area contributed by atoms with E-state index in [1.807, 2.05) is 12.1 Å². The summed E-state index contributed by atoms with van der Waals surface area (Å²) >= 11 is 3.29. The molecule has 1 unspecified atom stereocenters. The molecule has 0 saturated carbocycles. The number of nitrogens with one attached hydrogen (secondary N) is 2. The molecule has 0 spiro atoms. The average molecular weight is 569 g/mol. The molecule has 0 aliphatic carbocycles. The lowest BCUT2D eigenvalue weighted by Crippen LogP contribution is -2.52. The van der Waals surface area contributed by atoms with Gasteiger partial charge in [-0.25, -0.2) is 8.78 Å². The molecule has 4 rings (SSSR count). The van der Waals surface area contributed by atoms with Gasteiger partial charge >= 0.3 is 0 Å². The Kier molecular flexibility index (Phi) is 9.18. The Bertz CT molecular complexity index is 1260. The van der Waals surface area contributed by atoms with Crippen molar-refractivity contribution in [2.24, 2.45) is 0 Å². The Morgan fingerprint density at radius 2 is 1.89 bits per heavy atom. The van der Waals surface area contributed by atoms with E-state index in [1.165, 1.54) is 6.07 Å². The number of piperazine rings is 1. The van der Waals surface area contributed by atoms with Crippen LogP contribution in [-0.4, -0.2) is 36.0 Å². The number of benzene rings is 2. The molecule has 35 heavy (non-hydrogen) atoms. The summed E-state index contributed by atoms with van der Waals surface area (Å²) in [5.41, 5.74) is 2.02. The summed E-state index contributed by atoms with van der Waals surface area (Å²) in [6.07, 6.45) is 0. The van der Waals surface area contributed by atoms with Crippen LogP contribution in [0.4, 0.5) is 8.78 Å². The number of rotatable bonds is 7. The van der Waals surface area contributed by atoms with E-state index in [9.17, 15) is 18.4 Å². The molecule has 1 aliphatic heterocycles. The number of halogens is 4. The molecule has 0 radical (unpaired) electrons. The summed E-state index contributed by atoms with van der Waals surface area (Å²) in [6.45, 7) is 4.15. The standard InChI is InChI=1S/C25H24BrF2N3O3.ClH/c1-15-10-22(34-14-18-6-7-19(27)11-20(18)28)23(26)25(33)31(15)13-16-2-4-17(5-3-16)24(32)21-12-29-8-9-30-21;/h2-7,10-11,21,29-30H,8-9,12-14H2,1H3;1H. The first-order valence-corrected chi connectivity index (χ1v) is 11.7. The number of carbonyl (C=O) groups is 1. The monoisotopic (exact) mass is 567 g/mol. The van der Waals surface area contributed by atoms with Crippen LogP contribution in [0.3, 0.4) is 0 Å². The van der Waals surface area contributed by atoms with Gasteiger partial charge in [0, 0.05) is 48.6 Å². The minimum atomic E-state index is -0.710. The van der Waals surface area contributed by atoms with Gasteiger partial charge in [-0.15, -0.1) is 12.4 Å². The molecule has 1 saturated heterocycles. The number of carbonyl (C=O) groups excluding carboxylic acids is 1. The highest BCUT2D eigenvalue weighted by Gasteiger charge is 2.21. The smallest absolute Gasteiger partial charge is 0.269 e. The zero-order valence-electron chi connectivity index (χ0n) is 18.9. The lowest BCUT2D eigenvalue weighted by atomic mass is 10.0. The largest absolute Gasteiger partial charge is 0.487 e. The van der Waals surface area contributed by atoms with Crippen molar-refractivity contribution in [2.75, 3.05) is 19.6 Å². The van der Waals surface area contributed by atoms with Gasteiger partial charge in [0.2, 0.25) is 0 Å². The van der Waals surface area contributed by atoms with E-state index in [2.05, 4.69) is 26.6 Å². The van der Waals surface area contributed by atoms with E-state index in [4.69, 9.17) is 4.74 Å². The number of aromatic nitrogens is 1. The van der Waals surface area contributed by atoms with Crippen molar-refractivity contribution in [1.29, 1.82) is 0 Å². The highest BCUT2D eigenvalue weighted by atomic mass is 79.9. The molecule has 1 aliphatic rings. The number of nitrogens with zero attached hydrogens (tertiary/aromatic N) is 1. The predicted molar refractivity (Wildman–Crippen MR) is 136 cm³/mol. The molecule has 1 atom stereocenters. The Labute approximate surface area is 216 Å². The average Bonchev–Trinajstić information content (AvgIpc) is 2.84. The maximum atomic E-state index is 13.9. The fraction of sp³-hybridized carbons (Fsp3) is 0.280. The summed E-state index contributed by atoms with van der Waals surface area (Å²) < 4.78 is 34.4. The van der Waals surface area contributed by atoms with E-state index >= 15 is 0 Å². The first kappa shape index (κ1) is 27.0. The molecule has 2 heterocycles. The van der Waals surface area contributed by atoms with E-state index in [0.717, 1.165) is 30.8 Å². The third-order valence-corrected chi connectivity index (χ3v) is 6.48. The van der Waals surface area contributed by atoms with Crippen LogP contribution in [0.2, 0.25) is 0 Å². The van der Waals surface area contributed by atoms with Crippen molar-refractivity contribution in [3.8, 4) is 5.75 Å². The normalized spacial score (nSPS) is 15.4. The van der Waals surface area contributed by atoms with Crippen LogP contribution >= 0.6 is 28.3 Å². The number of aryl methyl sites for hydroxylation is 1. The summed E-state index contributed by atoms with van der Waals surface area (Å²) in [7, 11) is 0. The van der Waals surface area contributed by atoms with E-state index in [0.29, 0.717) is 24.3 Å². The number of hydrogen-bond donors (Lipinski definition) is 2. The molecular formula is C25H25BrClF2N3O3. The summed E-state index contributed by atoms with van der Waals surface area (Å²) in [4.78, 5) is 25.6. The van der Waals surface area contributed by atoms with Crippen LogP contribution in [0.25, 0.3) is 0 Å². The van der Waals surface area contributed by atoms with Gasteiger partial charge in [0.15, 0.2) is 5.78 Å². The molecule has 2 aromatic carbocycles. The summed E-state index contributed by atoms with van der Waals surface area (Å²) in [6, 6.07) is 11.9. The van der Waals surface area contributed by atoms with Gasteiger partial charge in [-0.05, 0) is 40.5 Å². The topological polar surface area (TPSA) is 72.4 Å². The summed E-state index contributed by atoms with van der Waals surface area (Å²) in [5.74, 6) is -1.06. The van der Waals surface area contributed by atoms with E-state index in [1.54, 1.807) is 29.7 Å². The van der Waals surface area contributed by atoms with Crippen molar-refractivity contribution >= 4 is 34.1 Å². The molecule has 1 aromatic heterocycles. The Hall–Kier alpha value is -2.59. The molecule has 0 amide bonds.